The van der Waals surface area contributed by atoms with Crippen molar-refractivity contribution in [2.24, 2.45) is 0 Å². The molecule has 3 aromatic carbocycles. The van der Waals surface area contributed by atoms with Crippen molar-refractivity contribution in [1.82, 2.24) is 0 Å². The minimum absolute atomic E-state index is 0.0353. The van der Waals surface area contributed by atoms with Crippen LogP contribution in [-0.2, 0) is 27.7 Å². The zero-order chi connectivity index (χ0) is 26.7. The summed E-state index contributed by atoms with van der Waals surface area (Å²) in [5.41, 5.74) is 1.58. The summed E-state index contributed by atoms with van der Waals surface area (Å²) in [7, 11) is -4.01. The topological polar surface area (TPSA) is 110 Å². The number of ether oxygens (including phenoxy) is 1. The molecule has 0 N–H and O–H groups in total. The Balaban J connectivity index is 1.80. The smallest absolute Gasteiger partial charge is 0.414 e. The molecule has 0 unspecified atom stereocenters. The third-order valence-electron chi connectivity index (χ3n) is 5.96. The number of para-hydroxylation sites is 1. The number of anilines is 2. The van der Waals surface area contributed by atoms with E-state index in [2.05, 4.69) is 15.9 Å². The summed E-state index contributed by atoms with van der Waals surface area (Å²) in [6, 6.07) is 15.8. The molecule has 0 atom stereocenters. The number of halogens is 2. The lowest BCUT2D eigenvalue weighted by Gasteiger charge is -2.31. The van der Waals surface area contributed by atoms with Gasteiger partial charge in [-0.05, 0) is 55.7 Å². The Morgan fingerprint density at radius 2 is 1.95 bits per heavy atom. The highest BCUT2D eigenvalue weighted by molar-refractivity contribution is 9.10. The molecule has 3 aromatic rings. The molecule has 1 aliphatic heterocycles. The Morgan fingerprint density at radius 1 is 1.19 bits per heavy atom. The summed E-state index contributed by atoms with van der Waals surface area (Å²) in [5.74, 6) is 0. The lowest BCUT2D eigenvalue weighted by atomic mass is 10.0. The van der Waals surface area contributed by atoms with Gasteiger partial charge in [-0.15, -0.1) is 0 Å². The fourth-order valence-electron chi connectivity index (χ4n) is 4.22. The number of hydrogen-bond donors (Lipinski definition) is 0. The molecule has 0 saturated carbocycles. The van der Waals surface area contributed by atoms with E-state index in [-0.39, 0.29) is 40.0 Å². The molecule has 0 aliphatic carbocycles. The van der Waals surface area contributed by atoms with E-state index in [9.17, 15) is 23.3 Å². The van der Waals surface area contributed by atoms with Crippen molar-refractivity contribution in [3.63, 3.8) is 0 Å². The quantitative estimate of drug-likeness (QED) is 0.229. The summed E-state index contributed by atoms with van der Waals surface area (Å²) >= 11 is 9.78. The average molecular weight is 609 g/mol. The molecule has 9 nitrogen and oxygen atoms in total. The van der Waals surface area contributed by atoms with Crippen molar-refractivity contribution in [3.05, 3.63) is 91.4 Å². The molecule has 4 rings (SSSR count). The van der Waals surface area contributed by atoms with E-state index in [0.29, 0.717) is 23.1 Å². The number of fused-ring (bicyclic) bond motifs is 1. The van der Waals surface area contributed by atoms with E-state index in [1.54, 1.807) is 25.1 Å². The van der Waals surface area contributed by atoms with Crippen LogP contribution in [0.25, 0.3) is 0 Å². The van der Waals surface area contributed by atoms with Crippen molar-refractivity contribution in [1.29, 1.82) is 0 Å². The molecule has 37 heavy (non-hydrogen) atoms. The van der Waals surface area contributed by atoms with E-state index in [0.717, 1.165) is 16.9 Å². The van der Waals surface area contributed by atoms with Crippen LogP contribution < -0.4 is 9.21 Å². The first-order chi connectivity index (χ1) is 17.6. The van der Waals surface area contributed by atoms with Gasteiger partial charge < -0.3 is 4.74 Å². The van der Waals surface area contributed by atoms with Crippen LogP contribution in [0.1, 0.15) is 24.5 Å². The number of nitro benzene ring substituents is 1. The van der Waals surface area contributed by atoms with Crippen LogP contribution in [0.4, 0.5) is 21.9 Å². The monoisotopic (exact) mass is 607 g/mol. The maximum absolute atomic E-state index is 13.7. The predicted molar refractivity (Wildman–Crippen MR) is 145 cm³/mol. The number of nitrogens with zero attached hydrogens (tertiary/aromatic N) is 3. The van der Waals surface area contributed by atoms with Gasteiger partial charge in [-0.2, -0.15) is 0 Å². The number of carbonyl (C=O) groups excluding carboxylic acids is 1. The second-order valence-electron chi connectivity index (χ2n) is 8.20. The minimum Gasteiger partial charge on any atom is -0.449 e. The molecule has 194 valence electrons. The fourth-order valence-corrected chi connectivity index (χ4v) is 6.48. The highest BCUT2D eigenvalue weighted by Crippen LogP contribution is 2.37. The van der Waals surface area contributed by atoms with Gasteiger partial charge in [0.2, 0.25) is 0 Å². The van der Waals surface area contributed by atoms with E-state index < -0.39 is 21.0 Å². The number of nitro groups is 1. The Kier molecular flexibility index (Phi) is 8.05. The van der Waals surface area contributed by atoms with Gasteiger partial charge in [-0.3, -0.25) is 19.3 Å². The number of benzene rings is 3. The number of carbonyl (C=O) groups is 1. The highest BCUT2D eigenvalue weighted by Gasteiger charge is 2.31. The summed E-state index contributed by atoms with van der Waals surface area (Å²) in [5, 5.41) is 11.7. The van der Waals surface area contributed by atoms with Crippen molar-refractivity contribution in [2.75, 3.05) is 22.4 Å². The molecular formula is C25H23BrClN3O6S. The third kappa shape index (κ3) is 5.43. The molecular weight excluding hydrogens is 586 g/mol. The van der Waals surface area contributed by atoms with Gasteiger partial charge in [0.1, 0.15) is 0 Å². The lowest BCUT2D eigenvalue weighted by Crippen LogP contribution is -2.36. The second-order valence-corrected chi connectivity index (χ2v) is 11.3. The molecule has 12 heteroatoms. The van der Waals surface area contributed by atoms with Gasteiger partial charge in [-0.1, -0.05) is 51.8 Å². The van der Waals surface area contributed by atoms with Gasteiger partial charge in [0.25, 0.3) is 15.7 Å². The van der Waals surface area contributed by atoms with Crippen LogP contribution in [0.2, 0.25) is 5.02 Å². The highest BCUT2D eigenvalue weighted by atomic mass is 79.9. The Hall–Kier alpha value is -3.15. The van der Waals surface area contributed by atoms with Crippen LogP contribution in [0.3, 0.4) is 0 Å². The SMILES string of the molecule is CCOC(=O)N(Cc1c(Br)cccc1[N+](=O)[O-])c1cc(S(=O)(=O)N2CCCc3ccccc32)ccc1Cl. The van der Waals surface area contributed by atoms with Crippen LogP contribution >= 0.6 is 27.5 Å². The lowest BCUT2D eigenvalue weighted by molar-refractivity contribution is -0.385. The van der Waals surface area contributed by atoms with Crippen molar-refractivity contribution < 1.29 is 22.9 Å². The van der Waals surface area contributed by atoms with Gasteiger partial charge in [-0.25, -0.2) is 13.2 Å². The first kappa shape index (κ1) is 26.9. The number of rotatable bonds is 7. The van der Waals surface area contributed by atoms with E-state index in [1.807, 2.05) is 12.1 Å². The standard InChI is InChI=1S/C25H23BrClN3O6S/c1-2-36-25(31)28(16-19-20(26)9-5-11-23(19)30(32)33)24-15-18(12-13-21(24)27)37(34,35)29-14-6-8-17-7-3-4-10-22(17)29/h3-5,7,9-13,15H,2,6,8,14,16H2,1H3. The molecule has 1 aliphatic rings. The van der Waals surface area contributed by atoms with Gasteiger partial charge >= 0.3 is 6.09 Å². The van der Waals surface area contributed by atoms with Crippen LogP contribution in [0.15, 0.2) is 70.0 Å². The van der Waals surface area contributed by atoms with Crippen LogP contribution in [0.5, 0.6) is 0 Å². The largest absolute Gasteiger partial charge is 0.449 e. The molecule has 0 bridgehead atoms. The average Bonchev–Trinajstić information content (AvgIpc) is 2.88. The number of hydrogen-bond acceptors (Lipinski definition) is 6. The number of amides is 1. The Labute approximate surface area is 227 Å². The molecule has 0 saturated heterocycles. The molecule has 1 amide bonds. The minimum atomic E-state index is -4.01. The van der Waals surface area contributed by atoms with Crippen molar-refractivity contribution in [3.8, 4) is 0 Å². The molecule has 0 aromatic heterocycles. The van der Waals surface area contributed by atoms with Gasteiger partial charge in [0.15, 0.2) is 0 Å². The molecule has 0 fully saturated rings. The number of aryl methyl sites for hydroxylation is 1. The number of sulfonamides is 1. The summed E-state index contributed by atoms with van der Waals surface area (Å²) in [6.45, 7) is 1.68. The zero-order valence-corrected chi connectivity index (χ0v) is 22.9. The maximum Gasteiger partial charge on any atom is 0.414 e. The first-order valence-electron chi connectivity index (χ1n) is 11.4. The molecule has 1 heterocycles. The Morgan fingerprint density at radius 3 is 2.68 bits per heavy atom. The summed E-state index contributed by atoms with van der Waals surface area (Å²) in [6.07, 6.45) is 0.611. The summed E-state index contributed by atoms with van der Waals surface area (Å²) in [4.78, 5) is 25.1. The zero-order valence-electron chi connectivity index (χ0n) is 19.8. The van der Waals surface area contributed by atoms with Crippen molar-refractivity contribution >= 4 is 60.7 Å². The van der Waals surface area contributed by atoms with Crippen molar-refractivity contribution in [2.45, 2.75) is 31.2 Å². The normalized spacial score (nSPS) is 13.1. The fraction of sp³-hybridized carbons (Fsp3) is 0.240. The first-order valence-corrected chi connectivity index (χ1v) is 14.0. The predicted octanol–water partition coefficient (Wildman–Crippen LogP) is 6.32. The maximum atomic E-state index is 13.7. The third-order valence-corrected chi connectivity index (χ3v) is 8.83. The van der Waals surface area contributed by atoms with E-state index in [1.165, 1.54) is 34.6 Å². The second kappa shape index (κ2) is 11.1. The van der Waals surface area contributed by atoms with E-state index in [4.69, 9.17) is 16.3 Å². The molecule has 0 spiro atoms. The van der Waals surface area contributed by atoms with Gasteiger partial charge in [0.05, 0.1) is 44.9 Å². The Bertz CT molecular complexity index is 1470. The molecule has 0 radical (unpaired) electrons. The van der Waals surface area contributed by atoms with E-state index >= 15 is 0 Å². The van der Waals surface area contributed by atoms with Gasteiger partial charge in [0, 0.05) is 17.1 Å². The van der Waals surface area contributed by atoms with Crippen LogP contribution in [0, 0.1) is 10.1 Å². The van der Waals surface area contributed by atoms with Crippen LogP contribution in [-0.4, -0.2) is 32.6 Å². The summed E-state index contributed by atoms with van der Waals surface area (Å²) < 4.78 is 34.4.